The van der Waals surface area contributed by atoms with Crippen LogP contribution in [0.3, 0.4) is 0 Å². The van der Waals surface area contributed by atoms with Crippen molar-refractivity contribution < 1.29 is 32.3 Å². The smallest absolute Gasteiger partial charge is 0.338 e. The number of methoxy groups -OCH3 is 1. The molecular weight excluding hydrogens is 448 g/mol. The average molecular weight is 475 g/mol. The highest BCUT2D eigenvalue weighted by molar-refractivity contribution is 7.92. The SMILES string of the molecule is COC(=O)C(Cc1ccccc1)NC(=O)COC(=O)c1ccc2c(c1)CC(C)N2S(C)(=O)=O. The van der Waals surface area contributed by atoms with Crippen LogP contribution in [0.2, 0.25) is 0 Å². The summed E-state index contributed by atoms with van der Waals surface area (Å²) in [6, 6.07) is 12.5. The number of rotatable bonds is 8. The molecule has 1 heterocycles. The Morgan fingerprint density at radius 3 is 2.48 bits per heavy atom. The fourth-order valence-electron chi connectivity index (χ4n) is 3.87. The fourth-order valence-corrected chi connectivity index (χ4v) is 5.13. The number of amides is 1. The quantitative estimate of drug-likeness (QED) is 0.575. The van der Waals surface area contributed by atoms with Crippen LogP contribution < -0.4 is 9.62 Å². The zero-order chi connectivity index (χ0) is 24.2. The molecular formula is C23H26N2O7S. The maximum absolute atomic E-state index is 12.5. The minimum atomic E-state index is -3.44. The molecule has 0 saturated heterocycles. The maximum Gasteiger partial charge on any atom is 0.338 e. The predicted octanol–water partition coefficient (Wildman–Crippen LogP) is 1.45. The highest BCUT2D eigenvalue weighted by Gasteiger charge is 2.33. The zero-order valence-electron chi connectivity index (χ0n) is 18.6. The van der Waals surface area contributed by atoms with Crippen molar-refractivity contribution in [1.29, 1.82) is 0 Å². The normalized spacial score (nSPS) is 16.0. The number of hydrogen-bond acceptors (Lipinski definition) is 7. The lowest BCUT2D eigenvalue weighted by atomic mass is 10.1. The van der Waals surface area contributed by atoms with E-state index < -0.39 is 40.5 Å². The number of anilines is 1. The third kappa shape index (κ3) is 5.89. The Bertz CT molecular complexity index is 1150. The van der Waals surface area contributed by atoms with Crippen molar-refractivity contribution in [3.05, 3.63) is 65.2 Å². The summed E-state index contributed by atoms with van der Waals surface area (Å²) >= 11 is 0. The molecule has 0 aromatic heterocycles. The number of sulfonamides is 1. The Labute approximate surface area is 192 Å². The van der Waals surface area contributed by atoms with Crippen molar-refractivity contribution >= 4 is 33.6 Å². The number of carbonyl (C=O) groups is 3. The van der Waals surface area contributed by atoms with Gasteiger partial charge in [0.2, 0.25) is 10.0 Å². The van der Waals surface area contributed by atoms with Crippen LogP contribution in [-0.2, 0) is 41.9 Å². The molecule has 1 N–H and O–H groups in total. The van der Waals surface area contributed by atoms with Crippen LogP contribution in [0.5, 0.6) is 0 Å². The number of benzene rings is 2. The predicted molar refractivity (Wildman–Crippen MR) is 121 cm³/mol. The lowest BCUT2D eigenvalue weighted by Gasteiger charge is -2.21. The van der Waals surface area contributed by atoms with Gasteiger partial charge in [0.25, 0.3) is 5.91 Å². The number of carbonyl (C=O) groups excluding carboxylic acids is 3. The molecule has 0 radical (unpaired) electrons. The van der Waals surface area contributed by atoms with E-state index in [0.29, 0.717) is 17.7 Å². The molecule has 2 aromatic carbocycles. The highest BCUT2D eigenvalue weighted by Crippen LogP contribution is 2.34. The lowest BCUT2D eigenvalue weighted by molar-refractivity contribution is -0.145. The summed E-state index contributed by atoms with van der Waals surface area (Å²) in [5.41, 5.74) is 2.28. The molecule has 9 nitrogen and oxygen atoms in total. The summed E-state index contributed by atoms with van der Waals surface area (Å²) in [7, 11) is -2.21. The van der Waals surface area contributed by atoms with E-state index in [0.717, 1.165) is 11.8 Å². The van der Waals surface area contributed by atoms with E-state index in [-0.39, 0.29) is 18.0 Å². The van der Waals surface area contributed by atoms with Crippen molar-refractivity contribution in [2.75, 3.05) is 24.3 Å². The van der Waals surface area contributed by atoms with E-state index in [1.807, 2.05) is 30.3 Å². The van der Waals surface area contributed by atoms with Gasteiger partial charge in [-0.25, -0.2) is 18.0 Å². The van der Waals surface area contributed by atoms with Gasteiger partial charge in [0.05, 0.1) is 24.6 Å². The van der Waals surface area contributed by atoms with Crippen molar-refractivity contribution in [2.24, 2.45) is 0 Å². The van der Waals surface area contributed by atoms with Gasteiger partial charge in [-0.2, -0.15) is 0 Å². The van der Waals surface area contributed by atoms with Crippen LogP contribution in [0, 0.1) is 0 Å². The summed E-state index contributed by atoms with van der Waals surface area (Å²) in [4.78, 5) is 36.8. The monoisotopic (exact) mass is 474 g/mol. The Kier molecular flexibility index (Phi) is 7.37. The Hall–Kier alpha value is -3.40. The molecule has 10 heteroatoms. The number of hydrogen-bond donors (Lipinski definition) is 1. The van der Waals surface area contributed by atoms with Gasteiger partial charge in [-0.3, -0.25) is 9.10 Å². The molecule has 0 aliphatic carbocycles. The number of nitrogens with one attached hydrogen (secondary N) is 1. The second-order valence-corrected chi connectivity index (χ2v) is 9.72. The van der Waals surface area contributed by atoms with Gasteiger partial charge in [0, 0.05) is 12.5 Å². The van der Waals surface area contributed by atoms with E-state index >= 15 is 0 Å². The topological polar surface area (TPSA) is 119 Å². The summed E-state index contributed by atoms with van der Waals surface area (Å²) < 4.78 is 35.2. The summed E-state index contributed by atoms with van der Waals surface area (Å²) in [5.74, 6) is -1.98. The van der Waals surface area contributed by atoms with E-state index in [1.165, 1.54) is 17.5 Å². The van der Waals surface area contributed by atoms with Crippen molar-refractivity contribution in [1.82, 2.24) is 5.32 Å². The first-order valence-corrected chi connectivity index (χ1v) is 12.2. The van der Waals surface area contributed by atoms with Gasteiger partial charge in [0.15, 0.2) is 6.61 Å². The second-order valence-electron chi connectivity index (χ2n) is 7.86. The third-order valence-corrected chi connectivity index (χ3v) is 6.53. The summed E-state index contributed by atoms with van der Waals surface area (Å²) in [5, 5.41) is 2.53. The number of fused-ring (bicyclic) bond motifs is 1. The van der Waals surface area contributed by atoms with E-state index in [9.17, 15) is 22.8 Å². The van der Waals surface area contributed by atoms with Gasteiger partial charge in [0.1, 0.15) is 6.04 Å². The summed E-state index contributed by atoms with van der Waals surface area (Å²) in [6.07, 6.45) is 1.83. The first-order valence-electron chi connectivity index (χ1n) is 10.3. The second kappa shape index (κ2) is 10.0. The van der Waals surface area contributed by atoms with Crippen LogP contribution in [0.25, 0.3) is 0 Å². The first-order chi connectivity index (χ1) is 15.6. The standard InChI is InChI=1S/C23H26N2O7S/c1-15-11-18-13-17(9-10-20(18)25(15)33(3,29)30)22(27)32-14-21(26)24-19(23(28)31-2)12-16-7-5-4-6-8-16/h4-10,13,15,19H,11-12,14H2,1-3H3,(H,24,26). The molecule has 1 amide bonds. The van der Waals surface area contributed by atoms with E-state index in [4.69, 9.17) is 9.47 Å². The minimum Gasteiger partial charge on any atom is -0.467 e. The van der Waals surface area contributed by atoms with Gasteiger partial charge < -0.3 is 14.8 Å². The molecule has 2 atom stereocenters. The van der Waals surface area contributed by atoms with Crippen molar-refractivity contribution in [2.45, 2.75) is 31.8 Å². The largest absolute Gasteiger partial charge is 0.467 e. The van der Waals surface area contributed by atoms with E-state index in [2.05, 4.69) is 5.32 Å². The van der Waals surface area contributed by atoms with Gasteiger partial charge in [-0.15, -0.1) is 0 Å². The van der Waals surface area contributed by atoms with Crippen LogP contribution in [0.4, 0.5) is 5.69 Å². The molecule has 0 spiro atoms. The maximum atomic E-state index is 12.5. The molecule has 2 aromatic rings. The summed E-state index contributed by atoms with van der Waals surface area (Å²) in [6.45, 7) is 1.21. The molecule has 2 unspecified atom stereocenters. The van der Waals surface area contributed by atoms with E-state index in [1.54, 1.807) is 19.1 Å². The minimum absolute atomic E-state index is 0.206. The average Bonchev–Trinajstić information content (AvgIpc) is 3.12. The lowest BCUT2D eigenvalue weighted by Crippen LogP contribution is -2.44. The first kappa shape index (κ1) is 24.2. The molecule has 0 fully saturated rings. The molecule has 0 bridgehead atoms. The van der Waals surface area contributed by atoms with Crippen LogP contribution in [0.1, 0.15) is 28.4 Å². The van der Waals surface area contributed by atoms with Crippen LogP contribution in [-0.4, -0.2) is 58.3 Å². The molecule has 1 aliphatic rings. The Morgan fingerprint density at radius 1 is 1.15 bits per heavy atom. The Morgan fingerprint density at radius 2 is 1.85 bits per heavy atom. The third-order valence-electron chi connectivity index (χ3n) is 5.26. The Balaban J connectivity index is 1.61. The highest BCUT2D eigenvalue weighted by atomic mass is 32.2. The molecule has 33 heavy (non-hydrogen) atoms. The van der Waals surface area contributed by atoms with Crippen LogP contribution in [0.15, 0.2) is 48.5 Å². The number of nitrogens with zero attached hydrogens (tertiary/aromatic N) is 1. The number of esters is 2. The zero-order valence-corrected chi connectivity index (χ0v) is 19.4. The van der Waals surface area contributed by atoms with Crippen LogP contribution >= 0.6 is 0 Å². The van der Waals surface area contributed by atoms with Crippen molar-refractivity contribution in [3.63, 3.8) is 0 Å². The molecule has 1 aliphatic heterocycles. The molecule has 176 valence electrons. The van der Waals surface area contributed by atoms with Crippen molar-refractivity contribution in [3.8, 4) is 0 Å². The van der Waals surface area contributed by atoms with Gasteiger partial charge in [-0.1, -0.05) is 30.3 Å². The molecule has 3 rings (SSSR count). The number of ether oxygens (including phenoxy) is 2. The van der Waals surface area contributed by atoms with Gasteiger partial charge >= 0.3 is 11.9 Å². The van der Waals surface area contributed by atoms with Gasteiger partial charge in [-0.05, 0) is 42.7 Å². The molecule has 0 saturated carbocycles. The fraction of sp³-hybridized carbons (Fsp3) is 0.348.